The predicted octanol–water partition coefficient (Wildman–Crippen LogP) is -1.75. The third-order valence-electron chi connectivity index (χ3n) is 1.36. The van der Waals surface area contributed by atoms with Gasteiger partial charge >= 0.3 is 5.97 Å². The summed E-state index contributed by atoms with van der Waals surface area (Å²) in [6.07, 6.45) is 0.287. The van der Waals surface area contributed by atoms with Crippen LogP contribution in [0.15, 0.2) is 5.10 Å². The molecule has 0 spiro atoms. The van der Waals surface area contributed by atoms with E-state index in [9.17, 15) is 4.79 Å². The van der Waals surface area contributed by atoms with Crippen LogP contribution in [0.2, 0.25) is 0 Å². The number of rotatable bonds is 3. The van der Waals surface area contributed by atoms with Crippen LogP contribution in [0.5, 0.6) is 0 Å². The number of hydrazone groups is 1. The van der Waals surface area contributed by atoms with Crippen molar-refractivity contribution in [2.45, 2.75) is 12.5 Å². The van der Waals surface area contributed by atoms with E-state index >= 15 is 0 Å². The van der Waals surface area contributed by atoms with Gasteiger partial charge < -0.3 is 10.8 Å². The lowest BCUT2D eigenvalue weighted by atomic mass is 10.1. The molecule has 0 bridgehead atoms. The van der Waals surface area contributed by atoms with Gasteiger partial charge in [0, 0.05) is 6.42 Å². The first kappa shape index (κ1) is 7.96. The summed E-state index contributed by atoms with van der Waals surface area (Å²) in [5.41, 5.74) is 11.2. The number of nitrogens with two attached hydrogens (primary N) is 1. The number of hydrogen-bond acceptors (Lipinski definition) is 5. The van der Waals surface area contributed by atoms with E-state index in [1.165, 1.54) is 0 Å². The average molecular weight is 158 g/mol. The number of aliphatic carboxylic acids is 1. The molecule has 1 aliphatic rings. The summed E-state index contributed by atoms with van der Waals surface area (Å²) < 4.78 is 0. The van der Waals surface area contributed by atoms with Gasteiger partial charge in [0.15, 0.2) is 0 Å². The van der Waals surface area contributed by atoms with Gasteiger partial charge in [0.2, 0.25) is 0 Å². The van der Waals surface area contributed by atoms with Crippen molar-refractivity contribution >= 4 is 11.7 Å². The van der Waals surface area contributed by atoms with Crippen LogP contribution >= 0.6 is 0 Å². The minimum atomic E-state index is -1.00. The van der Waals surface area contributed by atoms with E-state index in [4.69, 9.17) is 10.8 Å². The molecule has 6 heteroatoms. The van der Waals surface area contributed by atoms with Crippen LogP contribution in [0.4, 0.5) is 0 Å². The Morgan fingerprint density at radius 2 is 2.64 bits per heavy atom. The fourth-order valence-electron chi connectivity index (χ4n) is 0.759. The van der Waals surface area contributed by atoms with Gasteiger partial charge in [-0.25, -0.2) is 11.0 Å². The second-order valence-corrected chi connectivity index (χ2v) is 2.29. The molecule has 6 nitrogen and oxygen atoms in total. The van der Waals surface area contributed by atoms with E-state index in [0.717, 1.165) is 5.71 Å². The number of nitrogens with zero attached hydrogens (tertiary/aromatic N) is 1. The molecule has 0 fully saturated rings. The van der Waals surface area contributed by atoms with Crippen molar-refractivity contribution in [3.8, 4) is 0 Å². The molecule has 62 valence electrons. The van der Waals surface area contributed by atoms with Crippen LogP contribution in [0.25, 0.3) is 0 Å². The maximum atomic E-state index is 10.3. The van der Waals surface area contributed by atoms with Gasteiger partial charge in [-0.15, -0.1) is 0 Å². The van der Waals surface area contributed by atoms with Crippen LogP contribution in [-0.2, 0) is 4.79 Å². The Balaban J connectivity index is 2.35. The smallest absolute Gasteiger partial charge is 0.320 e. The van der Waals surface area contributed by atoms with Crippen LogP contribution in [0, 0.1) is 0 Å². The van der Waals surface area contributed by atoms with Crippen LogP contribution in [0.1, 0.15) is 6.42 Å². The molecule has 0 aromatic heterocycles. The minimum Gasteiger partial charge on any atom is -0.480 e. The van der Waals surface area contributed by atoms with E-state index in [0.29, 0.717) is 6.54 Å². The zero-order chi connectivity index (χ0) is 8.27. The molecular weight excluding hydrogens is 148 g/mol. The zero-order valence-corrected chi connectivity index (χ0v) is 5.87. The van der Waals surface area contributed by atoms with Crippen molar-refractivity contribution in [3.63, 3.8) is 0 Å². The first-order chi connectivity index (χ1) is 5.20. The highest BCUT2D eigenvalue weighted by molar-refractivity contribution is 5.91. The molecule has 0 aromatic carbocycles. The van der Waals surface area contributed by atoms with Crippen molar-refractivity contribution in [2.24, 2.45) is 10.8 Å². The number of carboxylic acids is 1. The third kappa shape index (κ3) is 2.17. The first-order valence-corrected chi connectivity index (χ1v) is 3.22. The molecule has 1 unspecified atom stereocenters. The molecule has 0 aromatic rings. The standard InChI is InChI=1S/C5H10N4O2/c6-4(5(10)11)1-3-2-7-9-8-3/h4,7,9H,1-2,6H2,(H,10,11). The summed E-state index contributed by atoms with van der Waals surface area (Å²) in [6.45, 7) is 0.557. The summed E-state index contributed by atoms with van der Waals surface area (Å²) in [5.74, 6) is -1.00. The van der Waals surface area contributed by atoms with Gasteiger partial charge in [-0.05, 0) is 0 Å². The first-order valence-electron chi connectivity index (χ1n) is 3.22. The van der Waals surface area contributed by atoms with E-state index in [1.807, 2.05) is 0 Å². The van der Waals surface area contributed by atoms with Crippen molar-refractivity contribution in [3.05, 3.63) is 0 Å². The summed E-state index contributed by atoms with van der Waals surface area (Å²) in [4.78, 5) is 10.3. The molecule has 5 N–H and O–H groups in total. The normalized spacial score (nSPS) is 18.8. The fourth-order valence-corrected chi connectivity index (χ4v) is 0.759. The highest BCUT2D eigenvalue weighted by Gasteiger charge is 2.16. The van der Waals surface area contributed by atoms with Crippen LogP contribution in [-0.4, -0.2) is 29.4 Å². The number of carbonyl (C=O) groups is 1. The molecule has 0 amide bonds. The molecule has 0 radical (unpaired) electrons. The maximum absolute atomic E-state index is 10.3. The van der Waals surface area contributed by atoms with Gasteiger partial charge in [-0.2, -0.15) is 5.10 Å². The Morgan fingerprint density at radius 1 is 1.91 bits per heavy atom. The molecule has 1 atom stereocenters. The molecular formula is C5H10N4O2. The average Bonchev–Trinajstić information content (AvgIpc) is 2.39. The molecule has 0 saturated carbocycles. The minimum absolute atomic E-state index is 0.287. The number of carboxylic acid groups (broad SMARTS) is 1. The van der Waals surface area contributed by atoms with Crippen molar-refractivity contribution in [2.75, 3.05) is 6.54 Å². The largest absolute Gasteiger partial charge is 0.480 e. The molecule has 0 saturated heterocycles. The Labute approximate surface area is 63.4 Å². The van der Waals surface area contributed by atoms with E-state index < -0.39 is 12.0 Å². The van der Waals surface area contributed by atoms with E-state index in [2.05, 4.69) is 16.1 Å². The Morgan fingerprint density at radius 3 is 3.09 bits per heavy atom. The van der Waals surface area contributed by atoms with Gasteiger partial charge in [0.05, 0.1) is 12.3 Å². The molecule has 0 aliphatic carbocycles. The van der Waals surface area contributed by atoms with Crippen molar-refractivity contribution in [1.82, 2.24) is 11.0 Å². The fraction of sp³-hybridized carbons (Fsp3) is 0.600. The van der Waals surface area contributed by atoms with Crippen LogP contribution in [0.3, 0.4) is 0 Å². The predicted molar refractivity (Wildman–Crippen MR) is 38.8 cm³/mol. The summed E-state index contributed by atoms with van der Waals surface area (Å²) in [6, 6.07) is -0.851. The van der Waals surface area contributed by atoms with Gasteiger partial charge in [-0.3, -0.25) is 4.79 Å². The van der Waals surface area contributed by atoms with Gasteiger partial charge in [-0.1, -0.05) is 0 Å². The SMILES string of the molecule is NC(CC1=NNNC1)C(=O)O. The van der Waals surface area contributed by atoms with E-state index in [-0.39, 0.29) is 6.42 Å². The number of hydrogen-bond donors (Lipinski definition) is 4. The van der Waals surface area contributed by atoms with Gasteiger partial charge in [0.25, 0.3) is 0 Å². The maximum Gasteiger partial charge on any atom is 0.320 e. The Bertz CT molecular complexity index is 191. The lowest BCUT2D eigenvalue weighted by Gasteiger charge is -2.03. The monoisotopic (exact) mass is 158 g/mol. The molecule has 1 aliphatic heterocycles. The molecule has 1 rings (SSSR count). The quantitative estimate of drug-likeness (QED) is 0.390. The van der Waals surface area contributed by atoms with Crippen LogP contribution < -0.4 is 16.7 Å². The number of hydrazine groups is 1. The molecule has 1 heterocycles. The highest BCUT2D eigenvalue weighted by atomic mass is 16.4. The topological polar surface area (TPSA) is 99.7 Å². The van der Waals surface area contributed by atoms with Crippen molar-refractivity contribution in [1.29, 1.82) is 0 Å². The summed E-state index contributed by atoms with van der Waals surface area (Å²) >= 11 is 0. The Kier molecular flexibility index (Phi) is 2.40. The second-order valence-electron chi connectivity index (χ2n) is 2.29. The lowest BCUT2D eigenvalue weighted by molar-refractivity contribution is -0.138. The third-order valence-corrected chi connectivity index (χ3v) is 1.36. The number of nitrogens with one attached hydrogen (secondary N) is 2. The van der Waals surface area contributed by atoms with Gasteiger partial charge in [0.1, 0.15) is 6.04 Å². The van der Waals surface area contributed by atoms with Crippen molar-refractivity contribution < 1.29 is 9.90 Å². The zero-order valence-electron chi connectivity index (χ0n) is 5.87. The van der Waals surface area contributed by atoms with E-state index in [1.54, 1.807) is 0 Å². The highest BCUT2D eigenvalue weighted by Crippen LogP contribution is 1.93. The Hall–Kier alpha value is -1.14. The lowest BCUT2D eigenvalue weighted by Crippen LogP contribution is -2.33. The molecule has 11 heavy (non-hydrogen) atoms. The summed E-state index contributed by atoms with van der Waals surface area (Å²) in [5, 5.41) is 12.2. The second kappa shape index (κ2) is 3.31. The summed E-state index contributed by atoms with van der Waals surface area (Å²) in [7, 11) is 0.